The van der Waals surface area contributed by atoms with E-state index >= 15 is 0 Å². The molecule has 0 atom stereocenters. The zero-order valence-electron chi connectivity index (χ0n) is 13.4. The van der Waals surface area contributed by atoms with Crippen LogP contribution in [0.1, 0.15) is 37.8 Å². The van der Waals surface area contributed by atoms with Crippen molar-refractivity contribution in [3.63, 3.8) is 0 Å². The van der Waals surface area contributed by atoms with E-state index in [9.17, 15) is 4.79 Å². The van der Waals surface area contributed by atoms with Gasteiger partial charge < -0.3 is 10.2 Å². The number of piperazine rings is 1. The molecule has 1 N–H and O–H groups in total. The normalized spacial score (nSPS) is 15.5. The van der Waals surface area contributed by atoms with Crippen molar-refractivity contribution in [1.82, 2.24) is 10.2 Å². The lowest BCUT2D eigenvalue weighted by molar-refractivity contribution is -0.131. The van der Waals surface area contributed by atoms with Crippen LogP contribution in [0.5, 0.6) is 0 Å². The van der Waals surface area contributed by atoms with Gasteiger partial charge in [-0.25, -0.2) is 0 Å². The Hall–Kier alpha value is -1.35. The van der Waals surface area contributed by atoms with E-state index in [1.807, 2.05) is 4.90 Å². The van der Waals surface area contributed by atoms with Gasteiger partial charge in [0.25, 0.3) is 0 Å². The van der Waals surface area contributed by atoms with Gasteiger partial charge in [0.15, 0.2) is 0 Å². The molecule has 0 spiro atoms. The van der Waals surface area contributed by atoms with Crippen LogP contribution in [0.25, 0.3) is 0 Å². The van der Waals surface area contributed by atoms with Crippen LogP contribution in [0.15, 0.2) is 24.3 Å². The predicted molar refractivity (Wildman–Crippen MR) is 87.4 cm³/mol. The van der Waals surface area contributed by atoms with Crippen LogP contribution in [0.3, 0.4) is 0 Å². The molecule has 1 heterocycles. The molecule has 1 amide bonds. The first kappa shape index (κ1) is 16.0. The zero-order chi connectivity index (χ0) is 15.1. The zero-order valence-corrected chi connectivity index (χ0v) is 13.4. The van der Waals surface area contributed by atoms with Gasteiger partial charge in [0.1, 0.15) is 0 Å². The molecular weight excluding hydrogens is 260 g/mol. The van der Waals surface area contributed by atoms with Crippen LogP contribution < -0.4 is 5.32 Å². The van der Waals surface area contributed by atoms with Gasteiger partial charge in [-0.3, -0.25) is 4.79 Å². The molecule has 0 saturated carbocycles. The molecular formula is C18H28N2O. The quantitative estimate of drug-likeness (QED) is 0.873. The topological polar surface area (TPSA) is 32.3 Å². The van der Waals surface area contributed by atoms with E-state index in [-0.39, 0.29) is 0 Å². The molecule has 0 aromatic heterocycles. The van der Waals surface area contributed by atoms with Gasteiger partial charge in [0.2, 0.25) is 5.91 Å². The fraction of sp³-hybridized carbons (Fsp3) is 0.611. The standard InChI is InChI=1S/C18H28N2O/c1-15(2)14-17-8-6-16(7-9-17)4-3-5-18(21)20-12-10-19-11-13-20/h6-9,15,19H,3-5,10-14H2,1-2H3. The van der Waals surface area contributed by atoms with Gasteiger partial charge in [0, 0.05) is 32.6 Å². The second-order valence-electron chi connectivity index (χ2n) is 6.40. The molecule has 0 aliphatic carbocycles. The lowest BCUT2D eigenvalue weighted by atomic mass is 10.00. The summed E-state index contributed by atoms with van der Waals surface area (Å²) in [5.41, 5.74) is 2.75. The summed E-state index contributed by atoms with van der Waals surface area (Å²) >= 11 is 0. The van der Waals surface area contributed by atoms with Gasteiger partial charge in [-0.15, -0.1) is 0 Å². The lowest BCUT2D eigenvalue weighted by Crippen LogP contribution is -2.46. The monoisotopic (exact) mass is 288 g/mol. The number of hydrogen-bond donors (Lipinski definition) is 1. The first-order valence-electron chi connectivity index (χ1n) is 8.21. The maximum atomic E-state index is 12.1. The average Bonchev–Trinajstić information content (AvgIpc) is 2.49. The van der Waals surface area contributed by atoms with Crippen LogP contribution in [0.2, 0.25) is 0 Å². The van der Waals surface area contributed by atoms with Crippen molar-refractivity contribution in [1.29, 1.82) is 0 Å². The molecule has 1 fully saturated rings. The number of rotatable bonds is 6. The second kappa shape index (κ2) is 8.18. The minimum Gasteiger partial charge on any atom is -0.340 e. The minimum absolute atomic E-state index is 0.313. The highest BCUT2D eigenvalue weighted by Gasteiger charge is 2.15. The van der Waals surface area contributed by atoms with Crippen molar-refractivity contribution in [3.05, 3.63) is 35.4 Å². The Balaban J connectivity index is 1.71. The number of carbonyl (C=O) groups excluding carboxylic acids is 1. The highest BCUT2D eigenvalue weighted by Crippen LogP contribution is 2.12. The fourth-order valence-electron chi connectivity index (χ4n) is 2.83. The van der Waals surface area contributed by atoms with Crippen LogP contribution in [-0.4, -0.2) is 37.0 Å². The van der Waals surface area contributed by atoms with E-state index in [0.29, 0.717) is 18.2 Å². The summed E-state index contributed by atoms with van der Waals surface area (Å²) in [5, 5.41) is 3.28. The molecule has 116 valence electrons. The second-order valence-corrected chi connectivity index (χ2v) is 6.40. The van der Waals surface area contributed by atoms with Gasteiger partial charge in [-0.2, -0.15) is 0 Å². The molecule has 0 radical (unpaired) electrons. The molecule has 1 saturated heterocycles. The van der Waals surface area contributed by atoms with Crippen molar-refractivity contribution in [3.8, 4) is 0 Å². The molecule has 1 aliphatic heterocycles. The van der Waals surface area contributed by atoms with E-state index in [4.69, 9.17) is 0 Å². The first-order chi connectivity index (χ1) is 10.1. The summed E-state index contributed by atoms with van der Waals surface area (Å²) in [4.78, 5) is 14.1. The van der Waals surface area contributed by atoms with Gasteiger partial charge in [-0.05, 0) is 36.3 Å². The highest BCUT2D eigenvalue weighted by atomic mass is 16.2. The summed E-state index contributed by atoms with van der Waals surface area (Å²) in [5.74, 6) is 1.01. The highest BCUT2D eigenvalue weighted by molar-refractivity contribution is 5.76. The summed E-state index contributed by atoms with van der Waals surface area (Å²) in [7, 11) is 0. The van der Waals surface area contributed by atoms with Crippen LogP contribution in [0, 0.1) is 5.92 Å². The van der Waals surface area contributed by atoms with E-state index < -0.39 is 0 Å². The Morgan fingerprint density at radius 1 is 1.14 bits per heavy atom. The Kier molecular flexibility index (Phi) is 6.24. The number of benzene rings is 1. The molecule has 3 heteroatoms. The fourth-order valence-corrected chi connectivity index (χ4v) is 2.83. The van der Waals surface area contributed by atoms with Crippen LogP contribution in [0.4, 0.5) is 0 Å². The Labute approximate surface area is 128 Å². The SMILES string of the molecule is CC(C)Cc1ccc(CCCC(=O)N2CCNCC2)cc1. The number of amides is 1. The number of nitrogens with zero attached hydrogens (tertiary/aromatic N) is 1. The molecule has 21 heavy (non-hydrogen) atoms. The summed E-state index contributed by atoms with van der Waals surface area (Å²) in [6.45, 7) is 8.09. The van der Waals surface area contributed by atoms with Crippen molar-refractivity contribution in [2.75, 3.05) is 26.2 Å². The smallest absolute Gasteiger partial charge is 0.222 e. The summed E-state index contributed by atoms with van der Waals surface area (Å²) in [6.07, 6.45) is 3.77. The molecule has 0 bridgehead atoms. The average molecular weight is 288 g/mol. The number of nitrogens with one attached hydrogen (secondary N) is 1. The third kappa shape index (κ3) is 5.50. The van der Waals surface area contributed by atoms with Crippen molar-refractivity contribution in [2.45, 2.75) is 39.5 Å². The summed E-state index contributed by atoms with van der Waals surface area (Å²) in [6, 6.07) is 8.89. The van der Waals surface area contributed by atoms with E-state index in [0.717, 1.165) is 45.4 Å². The van der Waals surface area contributed by atoms with Gasteiger partial charge in [-0.1, -0.05) is 38.1 Å². The maximum absolute atomic E-state index is 12.1. The number of aryl methyl sites for hydroxylation is 1. The van der Waals surface area contributed by atoms with Crippen molar-refractivity contribution < 1.29 is 4.79 Å². The number of hydrogen-bond acceptors (Lipinski definition) is 2. The van der Waals surface area contributed by atoms with Gasteiger partial charge in [0.05, 0.1) is 0 Å². The Morgan fingerprint density at radius 3 is 2.38 bits per heavy atom. The maximum Gasteiger partial charge on any atom is 0.222 e. The Morgan fingerprint density at radius 2 is 1.76 bits per heavy atom. The third-order valence-electron chi connectivity index (χ3n) is 3.99. The molecule has 2 rings (SSSR count). The largest absolute Gasteiger partial charge is 0.340 e. The van der Waals surface area contributed by atoms with Crippen LogP contribution >= 0.6 is 0 Å². The third-order valence-corrected chi connectivity index (χ3v) is 3.99. The van der Waals surface area contributed by atoms with Crippen LogP contribution in [-0.2, 0) is 17.6 Å². The van der Waals surface area contributed by atoms with Crippen molar-refractivity contribution >= 4 is 5.91 Å². The van der Waals surface area contributed by atoms with E-state index in [1.165, 1.54) is 11.1 Å². The molecule has 1 aliphatic rings. The van der Waals surface area contributed by atoms with Crippen molar-refractivity contribution in [2.24, 2.45) is 5.92 Å². The molecule has 1 aromatic rings. The predicted octanol–water partition coefficient (Wildman–Crippen LogP) is 2.64. The van der Waals surface area contributed by atoms with E-state index in [1.54, 1.807) is 0 Å². The molecule has 1 aromatic carbocycles. The minimum atomic E-state index is 0.313. The Bertz CT molecular complexity index is 433. The summed E-state index contributed by atoms with van der Waals surface area (Å²) < 4.78 is 0. The lowest BCUT2D eigenvalue weighted by Gasteiger charge is -2.27. The first-order valence-corrected chi connectivity index (χ1v) is 8.21. The number of carbonyl (C=O) groups is 1. The van der Waals surface area contributed by atoms with E-state index in [2.05, 4.69) is 43.4 Å². The molecule has 0 unspecified atom stereocenters. The molecule has 3 nitrogen and oxygen atoms in total. The van der Waals surface area contributed by atoms with Gasteiger partial charge >= 0.3 is 0 Å².